The molecule has 0 bridgehead atoms. The fourth-order valence-electron chi connectivity index (χ4n) is 2.19. The minimum atomic E-state index is -0.576. The second kappa shape index (κ2) is 6.87. The van der Waals surface area contributed by atoms with E-state index in [1.165, 1.54) is 12.1 Å². The lowest BCUT2D eigenvalue weighted by atomic mass is 10.0. The fraction of sp³-hybridized carbons (Fsp3) is 0.235. The van der Waals surface area contributed by atoms with Gasteiger partial charge in [0, 0.05) is 12.1 Å². The third kappa shape index (κ3) is 3.59. The van der Waals surface area contributed by atoms with Crippen LogP contribution < -0.4 is 10.1 Å². The molecule has 0 amide bonds. The predicted molar refractivity (Wildman–Crippen MR) is 79.7 cm³/mol. The number of benzene rings is 2. The fourth-order valence-corrected chi connectivity index (χ4v) is 2.19. The zero-order valence-corrected chi connectivity index (χ0v) is 12.1. The third-order valence-corrected chi connectivity index (χ3v) is 3.31. The molecule has 0 saturated carbocycles. The zero-order valence-electron chi connectivity index (χ0n) is 12.1. The van der Waals surface area contributed by atoms with E-state index in [9.17, 15) is 4.39 Å². The van der Waals surface area contributed by atoms with Gasteiger partial charge in [0.05, 0.1) is 5.56 Å². The number of nitrogens with zero attached hydrogens (tertiary/aromatic N) is 1. The van der Waals surface area contributed by atoms with Gasteiger partial charge in [0.25, 0.3) is 0 Å². The quantitative estimate of drug-likeness (QED) is 0.896. The van der Waals surface area contributed by atoms with E-state index in [-0.39, 0.29) is 11.6 Å². The Kier molecular flexibility index (Phi) is 4.91. The number of hydrogen-bond donors (Lipinski definition) is 1. The van der Waals surface area contributed by atoms with Crippen LogP contribution in [0.3, 0.4) is 0 Å². The summed E-state index contributed by atoms with van der Waals surface area (Å²) >= 11 is 0. The summed E-state index contributed by atoms with van der Waals surface area (Å²) in [5.41, 5.74) is 1.13. The highest BCUT2D eigenvalue weighted by Crippen LogP contribution is 2.26. The Morgan fingerprint density at radius 3 is 2.62 bits per heavy atom. The first-order valence-electron chi connectivity index (χ1n) is 6.82. The molecule has 0 spiro atoms. The van der Waals surface area contributed by atoms with E-state index in [4.69, 9.17) is 10.00 Å². The molecule has 0 aliphatic carbocycles. The molecule has 2 aromatic rings. The molecule has 4 heteroatoms. The molecule has 1 N–H and O–H groups in total. The summed E-state index contributed by atoms with van der Waals surface area (Å²) in [5, 5.41) is 11.9. The van der Waals surface area contributed by atoms with Gasteiger partial charge in [-0.3, -0.25) is 0 Å². The molecule has 0 aliphatic heterocycles. The number of nitrogens with one attached hydrogen (secondary N) is 1. The lowest BCUT2D eigenvalue weighted by Crippen LogP contribution is -2.14. The van der Waals surface area contributed by atoms with Gasteiger partial charge in [-0.25, -0.2) is 4.39 Å². The van der Waals surface area contributed by atoms with E-state index in [2.05, 4.69) is 12.2 Å². The highest BCUT2D eigenvalue weighted by molar-refractivity contribution is 5.39. The SMILES string of the molecule is CCC(NC)c1cccc(Oc2ccc(C#N)c(F)c2)c1. The molecule has 0 heterocycles. The molecule has 0 saturated heterocycles. The van der Waals surface area contributed by atoms with Gasteiger partial charge >= 0.3 is 0 Å². The zero-order chi connectivity index (χ0) is 15.2. The van der Waals surface area contributed by atoms with Crippen LogP contribution in [0.15, 0.2) is 42.5 Å². The van der Waals surface area contributed by atoms with Crippen molar-refractivity contribution in [2.45, 2.75) is 19.4 Å². The van der Waals surface area contributed by atoms with Crippen LogP contribution in [0.25, 0.3) is 0 Å². The van der Waals surface area contributed by atoms with Crippen molar-refractivity contribution >= 4 is 0 Å². The Morgan fingerprint density at radius 2 is 2.00 bits per heavy atom. The Bertz CT molecular complexity index is 660. The Hall–Kier alpha value is -2.38. The van der Waals surface area contributed by atoms with E-state index in [1.807, 2.05) is 31.3 Å². The van der Waals surface area contributed by atoms with Crippen LogP contribution in [-0.4, -0.2) is 7.05 Å². The van der Waals surface area contributed by atoms with E-state index in [0.717, 1.165) is 12.0 Å². The lowest BCUT2D eigenvalue weighted by molar-refractivity contribution is 0.473. The van der Waals surface area contributed by atoms with Gasteiger partial charge < -0.3 is 10.1 Å². The van der Waals surface area contributed by atoms with Gasteiger partial charge in [-0.05, 0) is 43.3 Å². The van der Waals surface area contributed by atoms with E-state index >= 15 is 0 Å². The molecule has 2 rings (SSSR count). The maximum Gasteiger partial charge on any atom is 0.144 e. The van der Waals surface area contributed by atoms with Gasteiger partial charge in [-0.1, -0.05) is 19.1 Å². The molecule has 108 valence electrons. The second-order valence-electron chi connectivity index (χ2n) is 4.68. The summed E-state index contributed by atoms with van der Waals surface area (Å²) in [5.74, 6) is 0.444. The summed E-state index contributed by atoms with van der Waals surface area (Å²) in [4.78, 5) is 0. The minimum Gasteiger partial charge on any atom is -0.457 e. The summed E-state index contributed by atoms with van der Waals surface area (Å²) < 4.78 is 19.2. The molecule has 1 atom stereocenters. The topological polar surface area (TPSA) is 45.0 Å². The average Bonchev–Trinajstić information content (AvgIpc) is 2.49. The highest BCUT2D eigenvalue weighted by Gasteiger charge is 2.09. The van der Waals surface area contributed by atoms with Crippen molar-refractivity contribution in [3.63, 3.8) is 0 Å². The molecule has 1 unspecified atom stereocenters. The van der Waals surface area contributed by atoms with Crippen LogP contribution in [0, 0.1) is 17.1 Å². The molecule has 0 aliphatic rings. The van der Waals surface area contributed by atoms with E-state index < -0.39 is 5.82 Å². The van der Waals surface area contributed by atoms with E-state index in [1.54, 1.807) is 12.1 Å². The Balaban J connectivity index is 2.22. The summed E-state index contributed by atoms with van der Waals surface area (Å²) in [6, 6.07) is 14.0. The number of halogens is 1. The largest absolute Gasteiger partial charge is 0.457 e. The second-order valence-corrected chi connectivity index (χ2v) is 4.68. The minimum absolute atomic E-state index is 0.0114. The maximum absolute atomic E-state index is 13.6. The number of hydrogen-bond acceptors (Lipinski definition) is 3. The molecule has 0 fully saturated rings. The van der Waals surface area contributed by atoms with Crippen LogP contribution in [-0.2, 0) is 0 Å². The van der Waals surface area contributed by atoms with Crippen molar-refractivity contribution in [1.29, 1.82) is 5.26 Å². The first-order chi connectivity index (χ1) is 10.2. The third-order valence-electron chi connectivity index (χ3n) is 3.31. The summed E-state index contributed by atoms with van der Waals surface area (Å²) in [6.45, 7) is 2.10. The molecule has 2 aromatic carbocycles. The van der Waals surface area contributed by atoms with Crippen molar-refractivity contribution in [2.75, 3.05) is 7.05 Å². The van der Waals surface area contributed by atoms with Crippen molar-refractivity contribution in [3.8, 4) is 17.6 Å². The average molecular weight is 284 g/mol. The molecule has 0 radical (unpaired) electrons. The van der Waals surface area contributed by atoms with Gasteiger partial charge in [0.1, 0.15) is 23.4 Å². The van der Waals surface area contributed by atoms with Gasteiger partial charge in [0.2, 0.25) is 0 Å². The van der Waals surface area contributed by atoms with Crippen molar-refractivity contribution in [1.82, 2.24) is 5.32 Å². The smallest absolute Gasteiger partial charge is 0.144 e. The van der Waals surface area contributed by atoms with Crippen molar-refractivity contribution in [3.05, 3.63) is 59.4 Å². The van der Waals surface area contributed by atoms with Crippen LogP contribution >= 0.6 is 0 Å². The molecular weight excluding hydrogens is 267 g/mol. The number of rotatable bonds is 5. The van der Waals surface area contributed by atoms with Gasteiger partial charge in [0.15, 0.2) is 0 Å². The Labute approximate surface area is 124 Å². The molecule has 0 aromatic heterocycles. The van der Waals surface area contributed by atoms with E-state index in [0.29, 0.717) is 11.5 Å². The first-order valence-corrected chi connectivity index (χ1v) is 6.82. The maximum atomic E-state index is 13.6. The standard InChI is InChI=1S/C17H17FN2O/c1-3-17(20-2)12-5-4-6-14(9-12)21-15-8-7-13(11-19)16(18)10-15/h4-10,17,20H,3H2,1-2H3. The highest BCUT2D eigenvalue weighted by atomic mass is 19.1. The normalized spacial score (nSPS) is 11.7. The summed E-state index contributed by atoms with van der Waals surface area (Å²) in [6.07, 6.45) is 0.964. The van der Waals surface area contributed by atoms with Crippen molar-refractivity contribution < 1.29 is 9.13 Å². The van der Waals surface area contributed by atoms with Gasteiger partial charge in [-0.15, -0.1) is 0 Å². The monoisotopic (exact) mass is 284 g/mol. The molecular formula is C17H17FN2O. The molecule has 21 heavy (non-hydrogen) atoms. The van der Waals surface area contributed by atoms with Crippen LogP contribution in [0.1, 0.15) is 30.5 Å². The lowest BCUT2D eigenvalue weighted by Gasteiger charge is -2.15. The van der Waals surface area contributed by atoms with Crippen LogP contribution in [0.2, 0.25) is 0 Å². The first kappa shape index (κ1) is 15.0. The number of ether oxygens (including phenoxy) is 1. The molecule has 3 nitrogen and oxygen atoms in total. The number of nitriles is 1. The predicted octanol–water partition coefficient (Wildman–Crippen LogP) is 4.16. The van der Waals surface area contributed by atoms with Gasteiger partial charge in [-0.2, -0.15) is 5.26 Å². The van der Waals surface area contributed by atoms with Crippen LogP contribution in [0.5, 0.6) is 11.5 Å². The van der Waals surface area contributed by atoms with Crippen molar-refractivity contribution in [2.24, 2.45) is 0 Å². The van der Waals surface area contributed by atoms with Crippen LogP contribution in [0.4, 0.5) is 4.39 Å². The Morgan fingerprint density at radius 1 is 1.24 bits per heavy atom. The summed E-state index contributed by atoms with van der Waals surface area (Å²) in [7, 11) is 1.91.